The van der Waals surface area contributed by atoms with Crippen LogP contribution < -0.4 is 10.6 Å². The van der Waals surface area contributed by atoms with Crippen LogP contribution >= 0.6 is 0 Å². The van der Waals surface area contributed by atoms with E-state index in [0.29, 0.717) is 12.0 Å². The third kappa shape index (κ3) is 3.21. The standard InChI is InChI=1S/C14H16N2O4/c1-20-12(9-5-3-2-4-6-9)14(19)15-10-7-8-11(17)16-13(10)18/h2-6,10,12H,7-8H2,1H3,(H,15,19)(H,16,17,18). The number of hydrogen-bond donors (Lipinski definition) is 2. The molecule has 2 rings (SSSR count). The molecule has 6 nitrogen and oxygen atoms in total. The van der Waals surface area contributed by atoms with Crippen LogP contribution in [0.15, 0.2) is 30.3 Å². The fourth-order valence-electron chi connectivity index (χ4n) is 2.10. The van der Waals surface area contributed by atoms with Gasteiger partial charge in [0, 0.05) is 13.5 Å². The molecular formula is C14H16N2O4. The molecule has 1 heterocycles. The minimum absolute atomic E-state index is 0.222. The number of nitrogens with one attached hydrogen (secondary N) is 2. The molecule has 106 valence electrons. The van der Waals surface area contributed by atoms with Gasteiger partial charge in [0.15, 0.2) is 6.10 Å². The normalized spacial score (nSPS) is 20.1. The van der Waals surface area contributed by atoms with Crippen LogP contribution in [0.1, 0.15) is 24.5 Å². The molecule has 1 aliphatic rings. The lowest BCUT2D eigenvalue weighted by Crippen LogP contribution is -2.53. The lowest BCUT2D eigenvalue weighted by atomic mass is 10.0. The summed E-state index contributed by atoms with van der Waals surface area (Å²) in [7, 11) is 1.43. The van der Waals surface area contributed by atoms with Crippen molar-refractivity contribution in [3.8, 4) is 0 Å². The van der Waals surface area contributed by atoms with Gasteiger partial charge in [-0.2, -0.15) is 0 Å². The maximum Gasteiger partial charge on any atom is 0.254 e. The fraction of sp³-hybridized carbons (Fsp3) is 0.357. The molecule has 1 aromatic rings. The quantitative estimate of drug-likeness (QED) is 0.774. The molecule has 1 aliphatic heterocycles. The van der Waals surface area contributed by atoms with E-state index in [4.69, 9.17) is 4.74 Å². The molecule has 0 spiro atoms. The topological polar surface area (TPSA) is 84.5 Å². The molecule has 2 unspecified atom stereocenters. The summed E-state index contributed by atoms with van der Waals surface area (Å²) in [5.41, 5.74) is 0.708. The van der Waals surface area contributed by atoms with E-state index in [1.807, 2.05) is 6.07 Å². The van der Waals surface area contributed by atoms with E-state index < -0.39 is 24.0 Å². The second kappa shape index (κ2) is 6.29. The summed E-state index contributed by atoms with van der Waals surface area (Å²) in [6.07, 6.45) is -0.247. The Morgan fingerprint density at radius 1 is 1.35 bits per heavy atom. The van der Waals surface area contributed by atoms with Crippen molar-refractivity contribution in [1.29, 1.82) is 0 Å². The first kappa shape index (κ1) is 14.2. The first-order chi connectivity index (χ1) is 9.61. The van der Waals surface area contributed by atoms with Gasteiger partial charge in [0.1, 0.15) is 6.04 Å². The van der Waals surface area contributed by atoms with E-state index in [0.717, 1.165) is 0 Å². The summed E-state index contributed by atoms with van der Waals surface area (Å²) < 4.78 is 5.19. The minimum atomic E-state index is -0.776. The van der Waals surface area contributed by atoms with Crippen molar-refractivity contribution >= 4 is 17.7 Å². The largest absolute Gasteiger partial charge is 0.367 e. The van der Waals surface area contributed by atoms with Gasteiger partial charge in [-0.15, -0.1) is 0 Å². The Hall–Kier alpha value is -2.21. The smallest absolute Gasteiger partial charge is 0.254 e. The second-order valence-electron chi connectivity index (χ2n) is 4.54. The SMILES string of the molecule is COC(C(=O)NC1CCC(=O)NC1=O)c1ccccc1. The first-order valence-electron chi connectivity index (χ1n) is 6.33. The molecule has 20 heavy (non-hydrogen) atoms. The first-order valence-corrected chi connectivity index (χ1v) is 6.33. The summed E-state index contributed by atoms with van der Waals surface area (Å²) in [4.78, 5) is 34.8. The van der Waals surface area contributed by atoms with E-state index in [2.05, 4.69) is 10.6 Å². The lowest BCUT2D eigenvalue weighted by molar-refractivity contribution is -0.140. The van der Waals surface area contributed by atoms with Gasteiger partial charge in [-0.1, -0.05) is 30.3 Å². The number of amides is 3. The minimum Gasteiger partial charge on any atom is -0.367 e. The predicted octanol–water partition coefficient (Wildman–Crippen LogP) is 0.296. The number of rotatable bonds is 4. The number of carbonyl (C=O) groups excluding carboxylic acids is 3. The van der Waals surface area contributed by atoms with Crippen molar-refractivity contribution in [3.63, 3.8) is 0 Å². The van der Waals surface area contributed by atoms with Crippen molar-refractivity contribution in [1.82, 2.24) is 10.6 Å². The zero-order chi connectivity index (χ0) is 14.5. The third-order valence-corrected chi connectivity index (χ3v) is 3.13. The van der Waals surface area contributed by atoms with Crippen LogP contribution in [-0.4, -0.2) is 30.9 Å². The number of carbonyl (C=O) groups is 3. The molecule has 0 saturated carbocycles. The van der Waals surface area contributed by atoms with Crippen LogP contribution in [0.2, 0.25) is 0 Å². The van der Waals surface area contributed by atoms with E-state index in [-0.39, 0.29) is 12.3 Å². The van der Waals surface area contributed by atoms with Gasteiger partial charge >= 0.3 is 0 Å². The Morgan fingerprint density at radius 2 is 2.05 bits per heavy atom. The van der Waals surface area contributed by atoms with Gasteiger partial charge in [-0.25, -0.2) is 0 Å². The molecule has 3 amide bonds. The fourth-order valence-corrected chi connectivity index (χ4v) is 2.10. The van der Waals surface area contributed by atoms with Crippen molar-refractivity contribution in [2.45, 2.75) is 25.0 Å². The summed E-state index contributed by atoms with van der Waals surface area (Å²) in [5.74, 6) is -1.18. The number of hydrogen-bond acceptors (Lipinski definition) is 4. The number of ether oxygens (including phenoxy) is 1. The molecule has 0 aliphatic carbocycles. The third-order valence-electron chi connectivity index (χ3n) is 3.13. The molecule has 1 aromatic carbocycles. The maximum absolute atomic E-state index is 12.2. The average Bonchev–Trinajstić information content (AvgIpc) is 2.44. The highest BCUT2D eigenvalue weighted by molar-refractivity contribution is 6.02. The highest BCUT2D eigenvalue weighted by atomic mass is 16.5. The van der Waals surface area contributed by atoms with Crippen LogP contribution in [-0.2, 0) is 19.1 Å². The highest BCUT2D eigenvalue weighted by Gasteiger charge is 2.30. The molecule has 6 heteroatoms. The Morgan fingerprint density at radius 3 is 2.65 bits per heavy atom. The van der Waals surface area contributed by atoms with Crippen molar-refractivity contribution in [3.05, 3.63) is 35.9 Å². The van der Waals surface area contributed by atoms with Gasteiger partial charge in [-0.3, -0.25) is 19.7 Å². The van der Waals surface area contributed by atoms with Gasteiger partial charge in [0.05, 0.1) is 0 Å². The molecule has 1 fully saturated rings. The van der Waals surface area contributed by atoms with E-state index in [9.17, 15) is 14.4 Å². The molecule has 2 N–H and O–H groups in total. The molecule has 0 aromatic heterocycles. The maximum atomic E-state index is 12.2. The Bertz CT molecular complexity index is 515. The van der Waals surface area contributed by atoms with Gasteiger partial charge in [0.2, 0.25) is 11.8 Å². The molecule has 0 radical (unpaired) electrons. The van der Waals surface area contributed by atoms with Crippen molar-refractivity contribution in [2.75, 3.05) is 7.11 Å². The van der Waals surface area contributed by atoms with E-state index in [1.54, 1.807) is 24.3 Å². The molecule has 1 saturated heterocycles. The summed E-state index contributed by atoms with van der Waals surface area (Å²) >= 11 is 0. The van der Waals surface area contributed by atoms with Crippen LogP contribution in [0, 0.1) is 0 Å². The summed E-state index contributed by atoms with van der Waals surface area (Å²) in [6.45, 7) is 0. The average molecular weight is 276 g/mol. The summed E-state index contributed by atoms with van der Waals surface area (Å²) in [6, 6.07) is 8.31. The van der Waals surface area contributed by atoms with Gasteiger partial charge in [-0.05, 0) is 12.0 Å². The van der Waals surface area contributed by atoms with Gasteiger partial charge in [0.25, 0.3) is 5.91 Å². The molecule has 2 atom stereocenters. The zero-order valence-corrected chi connectivity index (χ0v) is 11.1. The highest BCUT2D eigenvalue weighted by Crippen LogP contribution is 2.17. The van der Waals surface area contributed by atoms with E-state index >= 15 is 0 Å². The molecule has 0 bridgehead atoms. The van der Waals surface area contributed by atoms with Crippen LogP contribution in [0.4, 0.5) is 0 Å². The number of methoxy groups -OCH3 is 1. The zero-order valence-electron chi connectivity index (χ0n) is 11.1. The number of imide groups is 1. The van der Waals surface area contributed by atoms with Gasteiger partial charge < -0.3 is 10.1 Å². The molecular weight excluding hydrogens is 260 g/mol. The lowest BCUT2D eigenvalue weighted by Gasteiger charge is -2.24. The van der Waals surface area contributed by atoms with Crippen molar-refractivity contribution in [2.24, 2.45) is 0 Å². The second-order valence-corrected chi connectivity index (χ2v) is 4.54. The Balaban J connectivity index is 2.03. The Labute approximate surface area is 116 Å². The monoisotopic (exact) mass is 276 g/mol. The predicted molar refractivity (Wildman–Crippen MR) is 70.5 cm³/mol. The van der Waals surface area contributed by atoms with Crippen molar-refractivity contribution < 1.29 is 19.1 Å². The van der Waals surface area contributed by atoms with Crippen LogP contribution in [0.3, 0.4) is 0 Å². The number of piperidine rings is 1. The van der Waals surface area contributed by atoms with E-state index in [1.165, 1.54) is 7.11 Å². The number of benzene rings is 1. The van der Waals surface area contributed by atoms with Crippen LogP contribution in [0.25, 0.3) is 0 Å². The summed E-state index contributed by atoms with van der Waals surface area (Å²) in [5, 5.41) is 4.81. The van der Waals surface area contributed by atoms with Crippen LogP contribution in [0.5, 0.6) is 0 Å². The Kier molecular flexibility index (Phi) is 4.47.